The van der Waals surface area contributed by atoms with Crippen LogP contribution in [0.25, 0.3) is 65.7 Å². The first-order valence-electron chi connectivity index (χ1n) is 20.3. The Morgan fingerprint density at radius 2 is 0.831 bits per heavy atom. The average Bonchev–Trinajstić information content (AvgIpc) is 3.84. The van der Waals surface area contributed by atoms with Gasteiger partial charge in [0.25, 0.3) is 0 Å². The van der Waals surface area contributed by atoms with E-state index in [2.05, 4.69) is 217 Å². The molecule has 10 aromatic carbocycles. The van der Waals surface area contributed by atoms with Crippen molar-refractivity contribution in [2.75, 3.05) is 4.90 Å². The van der Waals surface area contributed by atoms with Gasteiger partial charge in [0, 0.05) is 33.9 Å². The number of rotatable bonds is 7. The molecule has 0 amide bonds. The number of fused-ring (bicyclic) bond motifs is 3. The Labute approximate surface area is 342 Å². The maximum Gasteiger partial charge on any atom is 0.137 e. The molecule has 1 aliphatic rings. The second kappa shape index (κ2) is 13.2. The van der Waals surface area contributed by atoms with Gasteiger partial charge < -0.3 is 9.32 Å². The van der Waals surface area contributed by atoms with Crippen LogP contribution < -0.4 is 4.90 Å². The van der Waals surface area contributed by atoms with Crippen LogP contribution in [-0.2, 0) is 5.41 Å². The van der Waals surface area contributed by atoms with Crippen molar-refractivity contribution in [1.82, 2.24) is 0 Å². The second-order valence-electron chi connectivity index (χ2n) is 15.6. The normalized spacial score (nSPS) is 12.9. The molecule has 1 heterocycles. The largest absolute Gasteiger partial charge is 0.456 e. The van der Waals surface area contributed by atoms with E-state index in [0.29, 0.717) is 0 Å². The van der Waals surface area contributed by atoms with Gasteiger partial charge in [0.2, 0.25) is 0 Å². The predicted octanol–water partition coefficient (Wildman–Crippen LogP) is 15.4. The monoisotopic (exact) mass is 751 g/mol. The Balaban J connectivity index is 0.982. The molecule has 1 aliphatic carbocycles. The minimum atomic E-state index is -0.460. The third kappa shape index (κ3) is 5.13. The van der Waals surface area contributed by atoms with E-state index < -0.39 is 5.41 Å². The van der Waals surface area contributed by atoms with E-state index in [-0.39, 0.29) is 0 Å². The Morgan fingerprint density at radius 1 is 0.322 bits per heavy atom. The number of anilines is 3. The fourth-order valence-electron chi connectivity index (χ4n) is 9.87. The summed E-state index contributed by atoms with van der Waals surface area (Å²) in [7, 11) is 0. The molecule has 59 heavy (non-hydrogen) atoms. The Morgan fingerprint density at radius 3 is 1.51 bits per heavy atom. The summed E-state index contributed by atoms with van der Waals surface area (Å²) in [5, 5.41) is 7.53. The van der Waals surface area contributed by atoms with Crippen LogP contribution in [0.2, 0.25) is 0 Å². The number of hydrogen-bond acceptors (Lipinski definition) is 2. The Hall–Kier alpha value is -7.68. The maximum atomic E-state index is 6.39. The summed E-state index contributed by atoms with van der Waals surface area (Å²) in [6.45, 7) is 0. The number of nitrogens with zero attached hydrogens (tertiary/aromatic N) is 1. The van der Waals surface area contributed by atoms with E-state index in [1.165, 1.54) is 60.5 Å². The summed E-state index contributed by atoms with van der Waals surface area (Å²) in [5.74, 6) is 0. The summed E-state index contributed by atoms with van der Waals surface area (Å²) >= 11 is 0. The quantitative estimate of drug-likeness (QED) is 0.151. The van der Waals surface area contributed by atoms with Crippen LogP contribution in [0.3, 0.4) is 0 Å². The highest BCUT2D eigenvalue weighted by atomic mass is 16.3. The zero-order valence-corrected chi connectivity index (χ0v) is 32.2. The van der Waals surface area contributed by atoms with Gasteiger partial charge in [-0.1, -0.05) is 170 Å². The number of benzene rings is 10. The van der Waals surface area contributed by atoms with Gasteiger partial charge in [-0.05, 0) is 115 Å². The molecule has 2 heteroatoms. The Kier molecular flexibility index (Phi) is 7.48. The van der Waals surface area contributed by atoms with Gasteiger partial charge in [0.05, 0.1) is 5.41 Å². The average molecular weight is 752 g/mol. The van der Waals surface area contributed by atoms with Crippen LogP contribution in [0.15, 0.2) is 229 Å². The van der Waals surface area contributed by atoms with E-state index in [0.717, 1.165) is 44.6 Å². The summed E-state index contributed by atoms with van der Waals surface area (Å²) in [6.07, 6.45) is 0. The molecule has 276 valence electrons. The predicted molar refractivity (Wildman–Crippen MR) is 246 cm³/mol. The highest BCUT2D eigenvalue weighted by Crippen LogP contribution is 2.56. The highest BCUT2D eigenvalue weighted by Gasteiger charge is 2.44. The summed E-state index contributed by atoms with van der Waals surface area (Å²) < 4.78 is 6.39. The van der Waals surface area contributed by atoms with Crippen molar-refractivity contribution in [3.63, 3.8) is 0 Å². The molecule has 0 bridgehead atoms. The lowest BCUT2D eigenvalue weighted by Gasteiger charge is -2.34. The van der Waals surface area contributed by atoms with Crippen molar-refractivity contribution < 1.29 is 4.42 Å². The summed E-state index contributed by atoms with van der Waals surface area (Å²) in [5.41, 5.74) is 14.4. The maximum absolute atomic E-state index is 6.39. The van der Waals surface area contributed by atoms with E-state index in [9.17, 15) is 0 Å². The highest BCUT2D eigenvalue weighted by molar-refractivity contribution is 6.16. The Bertz CT molecular complexity index is 3300. The third-order valence-corrected chi connectivity index (χ3v) is 12.5. The van der Waals surface area contributed by atoms with Crippen molar-refractivity contribution >= 4 is 60.5 Å². The number of para-hydroxylation sites is 1. The van der Waals surface area contributed by atoms with Crippen LogP contribution in [0.1, 0.15) is 22.3 Å². The first-order chi connectivity index (χ1) is 29.2. The van der Waals surface area contributed by atoms with Crippen LogP contribution in [-0.4, -0.2) is 0 Å². The van der Waals surface area contributed by atoms with Crippen LogP contribution >= 0.6 is 0 Å². The molecule has 1 aromatic heterocycles. The lowest BCUT2D eigenvalue weighted by molar-refractivity contribution is 0.669. The van der Waals surface area contributed by atoms with E-state index in [1.807, 2.05) is 12.1 Å². The van der Waals surface area contributed by atoms with Gasteiger partial charge in [0.1, 0.15) is 11.2 Å². The van der Waals surface area contributed by atoms with Crippen molar-refractivity contribution in [3.05, 3.63) is 247 Å². The van der Waals surface area contributed by atoms with Crippen molar-refractivity contribution in [3.8, 4) is 22.3 Å². The van der Waals surface area contributed by atoms with Gasteiger partial charge in [0.15, 0.2) is 0 Å². The van der Waals surface area contributed by atoms with Crippen LogP contribution in [0, 0.1) is 0 Å². The SMILES string of the molecule is c1ccc(-c2ccc(N(c3ccc(-c4cccc(C5(c6ccccc6)c6cccc7ccc8cccc5c8c67)c4)cc3)c3ccc4c(c3)oc3ccccc34)cc2)cc1. The first-order valence-corrected chi connectivity index (χ1v) is 20.3. The molecule has 0 saturated carbocycles. The molecular formula is C57H37NO. The minimum Gasteiger partial charge on any atom is -0.456 e. The molecule has 11 aromatic rings. The molecule has 12 rings (SSSR count). The van der Waals surface area contributed by atoms with Crippen molar-refractivity contribution in [1.29, 1.82) is 0 Å². The van der Waals surface area contributed by atoms with E-state index in [4.69, 9.17) is 4.42 Å². The molecule has 0 spiro atoms. The van der Waals surface area contributed by atoms with Crippen molar-refractivity contribution in [2.45, 2.75) is 5.41 Å². The molecule has 0 saturated heterocycles. The number of furan rings is 1. The molecule has 0 fully saturated rings. The summed E-state index contributed by atoms with van der Waals surface area (Å²) in [6, 6.07) is 81.7. The van der Waals surface area contributed by atoms with Gasteiger partial charge in [-0.25, -0.2) is 0 Å². The molecule has 0 aliphatic heterocycles. The number of hydrogen-bond donors (Lipinski definition) is 0. The van der Waals surface area contributed by atoms with Gasteiger partial charge >= 0.3 is 0 Å². The van der Waals surface area contributed by atoms with Gasteiger partial charge in [-0.2, -0.15) is 0 Å². The lowest BCUT2D eigenvalue weighted by Crippen LogP contribution is -2.28. The molecule has 0 N–H and O–H groups in total. The molecule has 0 atom stereocenters. The smallest absolute Gasteiger partial charge is 0.137 e. The second-order valence-corrected chi connectivity index (χ2v) is 15.6. The third-order valence-electron chi connectivity index (χ3n) is 12.5. The zero-order valence-electron chi connectivity index (χ0n) is 32.2. The van der Waals surface area contributed by atoms with Crippen LogP contribution in [0.5, 0.6) is 0 Å². The molecular weight excluding hydrogens is 715 g/mol. The van der Waals surface area contributed by atoms with E-state index >= 15 is 0 Å². The first kappa shape index (κ1) is 33.5. The fourth-order valence-corrected chi connectivity index (χ4v) is 9.87. The fraction of sp³-hybridized carbons (Fsp3) is 0.0175. The van der Waals surface area contributed by atoms with Gasteiger partial charge in [-0.15, -0.1) is 0 Å². The standard InChI is InChI=1S/C57H37NO/c1-3-12-38(13-4-1)39-26-30-46(31-27-39)58(48-34-35-50-49-20-7-8-23-53(49)59-54(50)37-48)47-32-28-40(29-33-47)43-16-9-19-45(36-43)57(44-17-5-2-6-18-44)51-21-10-14-41-24-25-42-15-11-22-52(57)56(42)55(41)51/h1-37H. The molecule has 0 unspecified atom stereocenters. The van der Waals surface area contributed by atoms with Gasteiger partial charge in [-0.3, -0.25) is 0 Å². The zero-order chi connectivity index (χ0) is 38.9. The summed E-state index contributed by atoms with van der Waals surface area (Å²) in [4.78, 5) is 2.32. The minimum absolute atomic E-state index is 0.460. The molecule has 0 radical (unpaired) electrons. The lowest BCUT2D eigenvalue weighted by atomic mass is 9.67. The van der Waals surface area contributed by atoms with Crippen molar-refractivity contribution in [2.24, 2.45) is 0 Å². The van der Waals surface area contributed by atoms with E-state index in [1.54, 1.807) is 0 Å². The molecule has 2 nitrogen and oxygen atoms in total. The van der Waals surface area contributed by atoms with Crippen LogP contribution in [0.4, 0.5) is 17.1 Å². The topological polar surface area (TPSA) is 16.4 Å².